The first-order valence-electron chi connectivity index (χ1n) is 5.18. The van der Waals surface area contributed by atoms with Crippen LogP contribution in [0.1, 0.15) is 6.92 Å². The standard InChI is InChI=1S/C12H15NO4/c1-9(12(15)16-2)13-11(14)8-17-10-6-4-3-5-7-10/h3-7,9H,8H2,1-2H3,(H,13,14)/t9-/m0/s1. The van der Waals surface area contributed by atoms with Crippen molar-refractivity contribution >= 4 is 11.9 Å². The van der Waals surface area contributed by atoms with Gasteiger partial charge in [0.05, 0.1) is 7.11 Å². The van der Waals surface area contributed by atoms with E-state index >= 15 is 0 Å². The van der Waals surface area contributed by atoms with Gasteiger partial charge in [0.25, 0.3) is 5.91 Å². The van der Waals surface area contributed by atoms with Gasteiger partial charge in [-0.25, -0.2) is 4.79 Å². The lowest BCUT2D eigenvalue weighted by Crippen LogP contribution is -2.41. The molecule has 0 heterocycles. The van der Waals surface area contributed by atoms with Gasteiger partial charge in [0.2, 0.25) is 0 Å². The highest BCUT2D eigenvalue weighted by Crippen LogP contribution is 2.07. The predicted octanol–water partition coefficient (Wildman–Crippen LogP) is 0.743. The van der Waals surface area contributed by atoms with Crippen molar-refractivity contribution in [3.05, 3.63) is 30.3 Å². The van der Waals surface area contributed by atoms with Gasteiger partial charge in [0.15, 0.2) is 6.61 Å². The molecule has 0 aliphatic rings. The molecule has 1 amide bonds. The second-order valence-corrected chi connectivity index (χ2v) is 3.41. The Hall–Kier alpha value is -2.04. The number of esters is 1. The fraction of sp³-hybridized carbons (Fsp3) is 0.333. The van der Waals surface area contributed by atoms with Crippen LogP contribution in [0.2, 0.25) is 0 Å². The Morgan fingerprint density at radius 1 is 1.29 bits per heavy atom. The zero-order chi connectivity index (χ0) is 12.7. The number of ether oxygens (including phenoxy) is 2. The molecule has 1 rings (SSSR count). The Labute approximate surface area is 99.7 Å². The molecule has 0 saturated carbocycles. The molecule has 92 valence electrons. The number of methoxy groups -OCH3 is 1. The SMILES string of the molecule is COC(=O)[C@H](C)NC(=O)COc1ccccc1. The summed E-state index contributed by atoms with van der Waals surface area (Å²) in [6.45, 7) is 1.41. The summed E-state index contributed by atoms with van der Waals surface area (Å²) in [5.41, 5.74) is 0. The van der Waals surface area contributed by atoms with Crippen LogP contribution in [0.25, 0.3) is 0 Å². The van der Waals surface area contributed by atoms with E-state index in [1.54, 1.807) is 19.1 Å². The number of nitrogens with one attached hydrogen (secondary N) is 1. The van der Waals surface area contributed by atoms with Gasteiger partial charge < -0.3 is 14.8 Å². The number of rotatable bonds is 5. The maximum absolute atomic E-state index is 11.4. The van der Waals surface area contributed by atoms with Crippen molar-refractivity contribution in [3.8, 4) is 5.75 Å². The fourth-order valence-corrected chi connectivity index (χ4v) is 1.18. The van der Waals surface area contributed by atoms with Crippen molar-refractivity contribution in [1.82, 2.24) is 5.32 Å². The summed E-state index contributed by atoms with van der Waals surface area (Å²) < 4.78 is 9.70. The number of para-hydroxylation sites is 1. The first-order chi connectivity index (χ1) is 8.13. The first kappa shape index (κ1) is 13.0. The van der Waals surface area contributed by atoms with Crippen LogP contribution in [0, 0.1) is 0 Å². The molecule has 1 aromatic rings. The van der Waals surface area contributed by atoms with Crippen LogP contribution in [0.5, 0.6) is 5.75 Å². The Morgan fingerprint density at radius 3 is 2.53 bits per heavy atom. The second kappa shape index (κ2) is 6.52. The minimum atomic E-state index is -0.674. The average molecular weight is 237 g/mol. The summed E-state index contributed by atoms with van der Waals surface area (Å²) in [5.74, 6) is -0.252. The summed E-state index contributed by atoms with van der Waals surface area (Å²) in [5, 5.41) is 2.46. The van der Waals surface area contributed by atoms with E-state index in [-0.39, 0.29) is 12.5 Å². The summed E-state index contributed by atoms with van der Waals surface area (Å²) in [6.07, 6.45) is 0. The van der Waals surface area contributed by atoms with E-state index in [2.05, 4.69) is 10.1 Å². The molecule has 0 bridgehead atoms. The summed E-state index contributed by atoms with van der Waals surface area (Å²) in [4.78, 5) is 22.4. The van der Waals surface area contributed by atoms with Gasteiger partial charge in [-0.15, -0.1) is 0 Å². The third-order valence-corrected chi connectivity index (χ3v) is 2.05. The minimum Gasteiger partial charge on any atom is -0.484 e. The number of benzene rings is 1. The largest absolute Gasteiger partial charge is 0.484 e. The van der Waals surface area contributed by atoms with E-state index in [4.69, 9.17) is 4.74 Å². The Morgan fingerprint density at radius 2 is 1.94 bits per heavy atom. The van der Waals surface area contributed by atoms with Crippen LogP contribution < -0.4 is 10.1 Å². The van der Waals surface area contributed by atoms with Gasteiger partial charge >= 0.3 is 5.97 Å². The molecule has 0 radical (unpaired) electrons. The van der Waals surface area contributed by atoms with Gasteiger partial charge in [-0.1, -0.05) is 18.2 Å². The van der Waals surface area contributed by atoms with Crippen LogP contribution in [0.4, 0.5) is 0 Å². The highest BCUT2D eigenvalue weighted by atomic mass is 16.5. The number of hydrogen-bond donors (Lipinski definition) is 1. The van der Waals surface area contributed by atoms with Gasteiger partial charge in [-0.3, -0.25) is 4.79 Å². The molecule has 0 fully saturated rings. The Bertz CT molecular complexity index is 377. The van der Waals surface area contributed by atoms with Crippen LogP contribution in [-0.2, 0) is 14.3 Å². The van der Waals surface area contributed by atoms with Crippen LogP contribution in [0.15, 0.2) is 30.3 Å². The van der Waals surface area contributed by atoms with Crippen LogP contribution in [0.3, 0.4) is 0 Å². The van der Waals surface area contributed by atoms with Gasteiger partial charge in [-0.05, 0) is 19.1 Å². The van der Waals surface area contributed by atoms with E-state index in [0.717, 1.165) is 0 Å². The van der Waals surface area contributed by atoms with Crippen LogP contribution in [-0.4, -0.2) is 31.6 Å². The van der Waals surface area contributed by atoms with E-state index in [0.29, 0.717) is 5.75 Å². The molecular weight excluding hydrogens is 222 g/mol. The Kier molecular flexibility index (Phi) is 5.00. The van der Waals surface area contributed by atoms with Crippen molar-refractivity contribution in [3.63, 3.8) is 0 Å². The molecule has 0 aliphatic carbocycles. The molecule has 5 heteroatoms. The van der Waals surface area contributed by atoms with Crippen molar-refractivity contribution in [2.75, 3.05) is 13.7 Å². The molecular formula is C12H15NO4. The van der Waals surface area contributed by atoms with Crippen molar-refractivity contribution in [1.29, 1.82) is 0 Å². The normalized spacial score (nSPS) is 11.4. The third-order valence-electron chi connectivity index (χ3n) is 2.05. The Balaban J connectivity index is 2.33. The van der Waals surface area contributed by atoms with Gasteiger partial charge in [0.1, 0.15) is 11.8 Å². The maximum Gasteiger partial charge on any atom is 0.328 e. The number of hydrogen-bond acceptors (Lipinski definition) is 4. The lowest BCUT2D eigenvalue weighted by atomic mass is 10.3. The molecule has 5 nitrogen and oxygen atoms in total. The third kappa shape index (κ3) is 4.55. The maximum atomic E-state index is 11.4. The average Bonchev–Trinajstić information content (AvgIpc) is 2.36. The number of amides is 1. The molecule has 1 N–H and O–H groups in total. The van der Waals surface area contributed by atoms with E-state index in [1.807, 2.05) is 18.2 Å². The van der Waals surface area contributed by atoms with Crippen LogP contribution >= 0.6 is 0 Å². The highest BCUT2D eigenvalue weighted by Gasteiger charge is 2.15. The van der Waals surface area contributed by atoms with E-state index < -0.39 is 12.0 Å². The minimum absolute atomic E-state index is 0.134. The fourth-order valence-electron chi connectivity index (χ4n) is 1.18. The van der Waals surface area contributed by atoms with E-state index in [1.165, 1.54) is 7.11 Å². The smallest absolute Gasteiger partial charge is 0.328 e. The monoisotopic (exact) mass is 237 g/mol. The number of carbonyl (C=O) groups is 2. The number of carbonyl (C=O) groups excluding carboxylic acids is 2. The molecule has 0 saturated heterocycles. The van der Waals surface area contributed by atoms with Gasteiger partial charge in [-0.2, -0.15) is 0 Å². The second-order valence-electron chi connectivity index (χ2n) is 3.41. The highest BCUT2D eigenvalue weighted by molar-refractivity contribution is 5.84. The quantitative estimate of drug-likeness (QED) is 0.767. The molecule has 1 aromatic carbocycles. The molecule has 0 aliphatic heterocycles. The first-order valence-corrected chi connectivity index (χ1v) is 5.18. The molecule has 1 atom stereocenters. The lowest BCUT2D eigenvalue weighted by molar-refractivity contribution is -0.144. The zero-order valence-corrected chi connectivity index (χ0v) is 9.80. The van der Waals surface area contributed by atoms with Crippen molar-refractivity contribution in [2.45, 2.75) is 13.0 Å². The summed E-state index contributed by atoms with van der Waals surface area (Å²) in [7, 11) is 1.27. The zero-order valence-electron chi connectivity index (χ0n) is 9.80. The van der Waals surface area contributed by atoms with Crippen molar-refractivity contribution < 1.29 is 19.1 Å². The molecule has 17 heavy (non-hydrogen) atoms. The summed E-state index contributed by atoms with van der Waals surface area (Å²) >= 11 is 0. The van der Waals surface area contributed by atoms with Gasteiger partial charge in [0, 0.05) is 0 Å². The molecule has 0 spiro atoms. The topological polar surface area (TPSA) is 64.6 Å². The van der Waals surface area contributed by atoms with E-state index in [9.17, 15) is 9.59 Å². The van der Waals surface area contributed by atoms with Crippen molar-refractivity contribution in [2.24, 2.45) is 0 Å². The predicted molar refractivity (Wildman–Crippen MR) is 61.6 cm³/mol. The summed E-state index contributed by atoms with van der Waals surface area (Å²) in [6, 6.07) is 8.29. The molecule has 0 aromatic heterocycles. The lowest BCUT2D eigenvalue weighted by Gasteiger charge is -2.11. The molecule has 0 unspecified atom stereocenters.